The molecule has 1 aromatic heterocycles. The van der Waals surface area contributed by atoms with Gasteiger partial charge in [0.25, 0.3) is 0 Å². The molecule has 3 heteroatoms. The van der Waals surface area contributed by atoms with E-state index in [1.54, 1.807) is 0 Å². The van der Waals surface area contributed by atoms with Crippen LogP contribution in [0.25, 0.3) is 21.8 Å². The van der Waals surface area contributed by atoms with Crippen LogP contribution in [0.1, 0.15) is 11.1 Å². The summed E-state index contributed by atoms with van der Waals surface area (Å²) in [5.74, 6) is 0. The molecule has 0 bridgehead atoms. The SMILES string of the molecule is Cc1cc(/C=N/N(c2ccccc2)c2ccccc2)cc2c1[nH]c1ccccc12. The van der Waals surface area contributed by atoms with Gasteiger partial charge in [0.1, 0.15) is 0 Å². The molecule has 0 amide bonds. The molecule has 0 aliphatic carbocycles. The second kappa shape index (κ2) is 7.28. The van der Waals surface area contributed by atoms with Crippen molar-refractivity contribution in [2.75, 3.05) is 5.01 Å². The highest BCUT2D eigenvalue weighted by atomic mass is 15.5. The lowest BCUT2D eigenvalue weighted by Gasteiger charge is -2.19. The van der Waals surface area contributed by atoms with Gasteiger partial charge in [-0.1, -0.05) is 54.6 Å². The molecule has 29 heavy (non-hydrogen) atoms. The normalized spacial score (nSPS) is 11.5. The van der Waals surface area contributed by atoms with Gasteiger partial charge in [-0.3, -0.25) is 0 Å². The minimum absolute atomic E-state index is 1.03. The van der Waals surface area contributed by atoms with Crippen LogP contribution in [0, 0.1) is 6.92 Å². The molecule has 140 valence electrons. The summed E-state index contributed by atoms with van der Waals surface area (Å²) < 4.78 is 0. The fraction of sp³-hybridized carbons (Fsp3) is 0.0385. The monoisotopic (exact) mass is 375 g/mol. The lowest BCUT2D eigenvalue weighted by molar-refractivity contribution is 1.09. The highest BCUT2D eigenvalue weighted by molar-refractivity contribution is 6.09. The van der Waals surface area contributed by atoms with Gasteiger partial charge in [0.2, 0.25) is 0 Å². The number of aromatic amines is 1. The Morgan fingerprint density at radius 1 is 0.724 bits per heavy atom. The number of aryl methyl sites for hydroxylation is 1. The Morgan fingerprint density at radius 2 is 1.34 bits per heavy atom. The van der Waals surface area contributed by atoms with E-state index in [1.807, 2.05) is 47.6 Å². The van der Waals surface area contributed by atoms with Crippen molar-refractivity contribution in [3.63, 3.8) is 0 Å². The number of aromatic nitrogens is 1. The zero-order chi connectivity index (χ0) is 19.6. The van der Waals surface area contributed by atoms with Gasteiger partial charge in [0.15, 0.2) is 0 Å². The van der Waals surface area contributed by atoms with Crippen molar-refractivity contribution in [3.8, 4) is 0 Å². The summed E-state index contributed by atoms with van der Waals surface area (Å²) in [5.41, 5.74) is 6.70. The van der Waals surface area contributed by atoms with E-state index in [2.05, 4.69) is 72.6 Å². The van der Waals surface area contributed by atoms with Gasteiger partial charge >= 0.3 is 0 Å². The summed E-state index contributed by atoms with van der Waals surface area (Å²) in [5, 5.41) is 9.28. The Hall–Kier alpha value is -3.85. The van der Waals surface area contributed by atoms with Gasteiger partial charge in [-0.15, -0.1) is 0 Å². The first-order chi connectivity index (χ1) is 14.3. The zero-order valence-corrected chi connectivity index (χ0v) is 16.2. The number of hydrogen-bond donors (Lipinski definition) is 1. The van der Waals surface area contributed by atoms with E-state index in [4.69, 9.17) is 5.10 Å². The maximum atomic E-state index is 4.84. The van der Waals surface area contributed by atoms with E-state index in [1.165, 1.54) is 21.9 Å². The van der Waals surface area contributed by atoms with Crippen LogP contribution < -0.4 is 5.01 Å². The van der Waals surface area contributed by atoms with Crippen LogP contribution in [0.3, 0.4) is 0 Å². The molecule has 0 aliphatic heterocycles. The van der Waals surface area contributed by atoms with Gasteiger partial charge in [-0.25, -0.2) is 5.01 Å². The number of anilines is 2. The van der Waals surface area contributed by atoms with E-state index in [9.17, 15) is 0 Å². The maximum Gasteiger partial charge on any atom is 0.0652 e. The molecular formula is C26H21N3. The summed E-state index contributed by atoms with van der Waals surface area (Å²) in [4.78, 5) is 3.54. The lowest BCUT2D eigenvalue weighted by atomic mass is 10.1. The zero-order valence-electron chi connectivity index (χ0n) is 16.2. The van der Waals surface area contributed by atoms with Crippen LogP contribution in [-0.4, -0.2) is 11.2 Å². The number of nitrogens with one attached hydrogen (secondary N) is 1. The maximum absolute atomic E-state index is 4.84. The van der Waals surface area contributed by atoms with Crippen LogP contribution in [-0.2, 0) is 0 Å². The van der Waals surface area contributed by atoms with Crippen molar-refractivity contribution >= 4 is 39.4 Å². The molecule has 1 heterocycles. The van der Waals surface area contributed by atoms with Crippen molar-refractivity contribution in [1.29, 1.82) is 0 Å². The molecule has 0 fully saturated rings. The number of nitrogens with zero attached hydrogens (tertiary/aromatic N) is 2. The summed E-state index contributed by atoms with van der Waals surface area (Å²) in [6.45, 7) is 2.14. The van der Waals surface area contributed by atoms with E-state index >= 15 is 0 Å². The molecule has 0 aliphatic rings. The molecule has 0 spiro atoms. The smallest absolute Gasteiger partial charge is 0.0652 e. The molecule has 4 aromatic carbocycles. The fourth-order valence-corrected chi connectivity index (χ4v) is 3.77. The number of para-hydroxylation sites is 3. The van der Waals surface area contributed by atoms with Crippen molar-refractivity contribution in [3.05, 3.63) is 108 Å². The van der Waals surface area contributed by atoms with E-state index < -0.39 is 0 Å². The second-order valence-corrected chi connectivity index (χ2v) is 7.16. The first kappa shape index (κ1) is 17.3. The molecular weight excluding hydrogens is 354 g/mol. The third-order valence-electron chi connectivity index (χ3n) is 5.16. The number of rotatable bonds is 4. The van der Waals surface area contributed by atoms with Gasteiger partial charge < -0.3 is 4.98 Å². The Labute approximate surface area is 169 Å². The summed E-state index contributed by atoms with van der Waals surface area (Å²) in [6, 6.07) is 33.2. The number of benzene rings is 4. The number of hydrazone groups is 1. The van der Waals surface area contributed by atoms with Crippen LogP contribution in [0.15, 0.2) is 102 Å². The Morgan fingerprint density at radius 3 is 2.03 bits per heavy atom. The van der Waals surface area contributed by atoms with E-state index in [-0.39, 0.29) is 0 Å². The average molecular weight is 375 g/mol. The van der Waals surface area contributed by atoms with Crippen molar-refractivity contribution in [2.45, 2.75) is 6.92 Å². The quantitative estimate of drug-likeness (QED) is 0.272. The minimum atomic E-state index is 1.03. The summed E-state index contributed by atoms with van der Waals surface area (Å²) in [6.07, 6.45) is 1.94. The van der Waals surface area contributed by atoms with Crippen LogP contribution in [0.5, 0.6) is 0 Å². The molecule has 1 N–H and O–H groups in total. The van der Waals surface area contributed by atoms with Gasteiger partial charge in [0.05, 0.1) is 17.6 Å². The summed E-state index contributed by atoms with van der Waals surface area (Å²) in [7, 11) is 0. The fourth-order valence-electron chi connectivity index (χ4n) is 3.77. The minimum Gasteiger partial charge on any atom is -0.354 e. The Balaban J connectivity index is 1.60. The first-order valence-electron chi connectivity index (χ1n) is 9.75. The summed E-state index contributed by atoms with van der Waals surface area (Å²) >= 11 is 0. The van der Waals surface area contributed by atoms with Gasteiger partial charge in [0, 0.05) is 21.8 Å². The topological polar surface area (TPSA) is 31.4 Å². The number of H-pyrrole nitrogens is 1. The Kier molecular flexibility index (Phi) is 4.34. The average Bonchev–Trinajstić information content (AvgIpc) is 3.15. The van der Waals surface area contributed by atoms with Crippen LogP contribution in [0.2, 0.25) is 0 Å². The predicted octanol–water partition coefficient (Wildman–Crippen LogP) is 6.80. The van der Waals surface area contributed by atoms with Crippen LogP contribution in [0.4, 0.5) is 11.4 Å². The largest absolute Gasteiger partial charge is 0.354 e. The van der Waals surface area contributed by atoms with E-state index in [0.717, 1.165) is 22.5 Å². The second-order valence-electron chi connectivity index (χ2n) is 7.16. The molecule has 0 saturated heterocycles. The van der Waals surface area contributed by atoms with Gasteiger partial charge in [-0.05, 0) is 60.5 Å². The molecule has 0 saturated carbocycles. The predicted molar refractivity (Wildman–Crippen MR) is 123 cm³/mol. The van der Waals surface area contributed by atoms with Crippen molar-refractivity contribution in [2.24, 2.45) is 5.10 Å². The highest BCUT2D eigenvalue weighted by Crippen LogP contribution is 2.29. The number of hydrogen-bond acceptors (Lipinski definition) is 2. The molecule has 5 rings (SSSR count). The molecule has 5 aromatic rings. The standard InChI is InChI=1S/C26H21N3/c1-19-16-20(17-24-23-14-8-9-15-25(23)28-26(19)24)18-27-29(21-10-4-2-5-11-21)22-12-6-3-7-13-22/h2-18,28H,1H3/b27-18+. The molecule has 0 unspecified atom stereocenters. The molecule has 0 radical (unpaired) electrons. The lowest BCUT2D eigenvalue weighted by Crippen LogP contribution is -2.09. The van der Waals surface area contributed by atoms with Crippen molar-refractivity contribution in [1.82, 2.24) is 4.98 Å². The molecule has 0 atom stereocenters. The number of fused-ring (bicyclic) bond motifs is 3. The van der Waals surface area contributed by atoms with E-state index in [0.29, 0.717) is 0 Å². The third kappa shape index (κ3) is 3.27. The Bertz CT molecular complexity index is 1260. The van der Waals surface area contributed by atoms with Crippen molar-refractivity contribution < 1.29 is 0 Å². The molecule has 3 nitrogen and oxygen atoms in total. The van der Waals surface area contributed by atoms with Crippen LogP contribution >= 0.6 is 0 Å². The first-order valence-corrected chi connectivity index (χ1v) is 9.75. The highest BCUT2D eigenvalue weighted by Gasteiger charge is 2.09. The third-order valence-corrected chi connectivity index (χ3v) is 5.16. The van der Waals surface area contributed by atoms with Gasteiger partial charge in [-0.2, -0.15) is 5.10 Å².